The minimum Gasteiger partial charge on any atom is -0.392 e. The van der Waals surface area contributed by atoms with Crippen LogP contribution in [0.2, 0.25) is 0 Å². The maximum absolute atomic E-state index is 14.0. The van der Waals surface area contributed by atoms with Crippen LogP contribution in [-0.2, 0) is 28.7 Å². The quantitative estimate of drug-likeness (QED) is 0.487. The molecule has 1 fully saturated rings. The SMILES string of the molecule is C#CC(=O)N(C)C[C@]1(C(=O)N2CCc3ncc(C(F)(F)F)cc3C2)CC[C@@H](N[C@@H](CCC)C(O)CC)C1. The van der Waals surface area contributed by atoms with Crippen molar-refractivity contribution in [2.24, 2.45) is 5.41 Å². The van der Waals surface area contributed by atoms with E-state index in [2.05, 4.69) is 16.2 Å². The van der Waals surface area contributed by atoms with Gasteiger partial charge in [-0.1, -0.05) is 20.3 Å². The number of carbonyl (C=O) groups excluding carboxylic acids is 2. The Morgan fingerprint density at radius 2 is 2.14 bits per heavy atom. The zero-order valence-corrected chi connectivity index (χ0v) is 21.8. The minimum atomic E-state index is -4.52. The van der Waals surface area contributed by atoms with Crippen LogP contribution in [-0.4, -0.2) is 70.0 Å². The average molecular weight is 523 g/mol. The van der Waals surface area contributed by atoms with Crippen molar-refractivity contribution in [1.82, 2.24) is 20.1 Å². The van der Waals surface area contributed by atoms with E-state index in [1.165, 1.54) is 4.90 Å². The van der Waals surface area contributed by atoms with Gasteiger partial charge in [0.15, 0.2) is 0 Å². The van der Waals surface area contributed by atoms with E-state index in [9.17, 15) is 27.9 Å². The molecule has 1 aromatic heterocycles. The Labute approximate surface area is 216 Å². The van der Waals surface area contributed by atoms with Gasteiger partial charge < -0.3 is 20.2 Å². The van der Waals surface area contributed by atoms with E-state index in [0.717, 1.165) is 25.1 Å². The normalized spacial score (nSPS) is 23.2. The minimum absolute atomic E-state index is 0.0325. The Bertz CT molecular complexity index is 1030. The standard InChI is InChI=1S/C27H37F3N4O3/c1-5-8-22(23(35)6-2)32-20-9-11-26(14-20,17-33(4)24(36)7-3)25(37)34-12-10-21-18(16-34)13-19(15-31-21)27(28,29)30/h3,13,15,20,22-23,32,35H,5-6,8-12,14,16-17H2,1-2,4H3/t20-,22+,23?,26+/m1/s1. The summed E-state index contributed by atoms with van der Waals surface area (Å²) >= 11 is 0. The summed E-state index contributed by atoms with van der Waals surface area (Å²) in [5, 5.41) is 14.0. The summed E-state index contributed by atoms with van der Waals surface area (Å²) in [5.41, 5.74) is -0.817. The molecule has 37 heavy (non-hydrogen) atoms. The van der Waals surface area contributed by atoms with Gasteiger partial charge in [0.1, 0.15) is 0 Å². The molecule has 1 saturated carbocycles. The van der Waals surface area contributed by atoms with E-state index in [1.54, 1.807) is 11.9 Å². The monoisotopic (exact) mass is 522 g/mol. The average Bonchev–Trinajstić information content (AvgIpc) is 3.28. The topological polar surface area (TPSA) is 85.8 Å². The van der Waals surface area contributed by atoms with Gasteiger partial charge in [-0.3, -0.25) is 14.6 Å². The fourth-order valence-corrected chi connectivity index (χ4v) is 5.69. The first-order valence-corrected chi connectivity index (χ1v) is 12.9. The van der Waals surface area contributed by atoms with E-state index in [-0.39, 0.29) is 31.1 Å². The maximum Gasteiger partial charge on any atom is 0.417 e. The number of fused-ring (bicyclic) bond motifs is 1. The zero-order chi connectivity index (χ0) is 27.4. The highest BCUT2D eigenvalue weighted by atomic mass is 19.4. The Morgan fingerprint density at radius 3 is 2.76 bits per heavy atom. The molecule has 1 unspecified atom stereocenters. The fourth-order valence-electron chi connectivity index (χ4n) is 5.69. The molecule has 7 nitrogen and oxygen atoms in total. The molecule has 1 aliphatic heterocycles. The second-order valence-electron chi connectivity index (χ2n) is 10.4. The summed E-state index contributed by atoms with van der Waals surface area (Å²) in [6, 6.07) is 0.916. The van der Waals surface area contributed by atoms with Gasteiger partial charge in [-0.2, -0.15) is 13.2 Å². The number of nitrogens with zero attached hydrogens (tertiary/aromatic N) is 3. The summed E-state index contributed by atoms with van der Waals surface area (Å²) < 4.78 is 39.8. The molecule has 3 rings (SSSR count). The molecule has 0 aromatic carbocycles. The highest BCUT2D eigenvalue weighted by Crippen LogP contribution is 2.42. The molecular weight excluding hydrogens is 485 g/mol. The zero-order valence-electron chi connectivity index (χ0n) is 21.8. The lowest BCUT2D eigenvalue weighted by molar-refractivity contribution is -0.145. The molecule has 2 aliphatic rings. The number of carbonyl (C=O) groups is 2. The smallest absolute Gasteiger partial charge is 0.392 e. The number of nitrogens with one attached hydrogen (secondary N) is 1. The van der Waals surface area contributed by atoms with Crippen LogP contribution >= 0.6 is 0 Å². The number of halogens is 3. The van der Waals surface area contributed by atoms with Gasteiger partial charge in [-0.25, -0.2) is 0 Å². The highest BCUT2D eigenvalue weighted by molar-refractivity contribution is 5.93. The van der Waals surface area contributed by atoms with Crippen molar-refractivity contribution in [1.29, 1.82) is 0 Å². The second kappa shape index (κ2) is 11.8. The molecule has 1 aliphatic carbocycles. The lowest BCUT2D eigenvalue weighted by Gasteiger charge is -2.39. The largest absolute Gasteiger partial charge is 0.417 e. The van der Waals surface area contributed by atoms with Crippen molar-refractivity contribution < 1.29 is 27.9 Å². The summed E-state index contributed by atoms with van der Waals surface area (Å²) in [4.78, 5) is 33.2. The first kappa shape index (κ1) is 28.9. The molecule has 0 saturated heterocycles. The lowest BCUT2D eigenvalue weighted by Crippen LogP contribution is -2.52. The molecule has 2 heterocycles. The van der Waals surface area contributed by atoms with Crippen LogP contribution < -0.4 is 5.32 Å². The van der Waals surface area contributed by atoms with E-state index in [1.807, 2.05) is 13.8 Å². The first-order valence-electron chi connectivity index (χ1n) is 12.9. The van der Waals surface area contributed by atoms with Crippen LogP contribution in [0.5, 0.6) is 0 Å². The van der Waals surface area contributed by atoms with Crippen LogP contribution in [0.4, 0.5) is 13.2 Å². The molecular formula is C27H37F3N4O3. The van der Waals surface area contributed by atoms with E-state index in [4.69, 9.17) is 6.42 Å². The Hall–Kier alpha value is -2.64. The van der Waals surface area contributed by atoms with Gasteiger partial charge in [0, 0.05) is 57.1 Å². The molecule has 204 valence electrons. The van der Waals surface area contributed by atoms with E-state index in [0.29, 0.717) is 49.9 Å². The predicted molar refractivity (Wildman–Crippen MR) is 133 cm³/mol. The van der Waals surface area contributed by atoms with Crippen LogP contribution in [0.1, 0.15) is 69.2 Å². The second-order valence-corrected chi connectivity index (χ2v) is 10.4. The van der Waals surface area contributed by atoms with Gasteiger partial charge >= 0.3 is 6.18 Å². The molecule has 2 amide bonds. The van der Waals surface area contributed by atoms with Crippen LogP contribution in [0.15, 0.2) is 12.3 Å². The number of hydrogen-bond donors (Lipinski definition) is 2. The van der Waals surface area contributed by atoms with Gasteiger partial charge in [-0.05, 0) is 49.7 Å². The van der Waals surface area contributed by atoms with Gasteiger partial charge in [-0.15, -0.1) is 6.42 Å². The third-order valence-electron chi connectivity index (χ3n) is 7.66. The molecule has 4 atom stereocenters. The number of pyridine rings is 1. The molecule has 2 N–H and O–H groups in total. The molecule has 10 heteroatoms. The Balaban J connectivity index is 1.85. The summed E-state index contributed by atoms with van der Waals surface area (Å²) in [7, 11) is 1.56. The Morgan fingerprint density at radius 1 is 1.41 bits per heavy atom. The maximum atomic E-state index is 14.0. The van der Waals surface area contributed by atoms with Gasteiger partial charge in [0.2, 0.25) is 5.91 Å². The predicted octanol–water partition coefficient (Wildman–Crippen LogP) is 3.14. The van der Waals surface area contributed by atoms with Crippen LogP contribution in [0.25, 0.3) is 0 Å². The molecule has 0 radical (unpaired) electrons. The number of aromatic nitrogens is 1. The first-order chi connectivity index (χ1) is 17.4. The number of terminal acetylenes is 1. The van der Waals surface area contributed by atoms with Crippen LogP contribution in [0, 0.1) is 17.8 Å². The number of amides is 2. The number of alkyl halides is 3. The molecule has 0 bridgehead atoms. The highest BCUT2D eigenvalue weighted by Gasteiger charge is 2.49. The molecule has 0 spiro atoms. The third-order valence-corrected chi connectivity index (χ3v) is 7.66. The van der Waals surface area contributed by atoms with Crippen molar-refractivity contribution in [2.45, 2.75) is 89.7 Å². The van der Waals surface area contributed by atoms with Crippen molar-refractivity contribution >= 4 is 11.8 Å². The van der Waals surface area contributed by atoms with Gasteiger partial charge in [0.25, 0.3) is 5.91 Å². The van der Waals surface area contributed by atoms with Gasteiger partial charge in [0.05, 0.1) is 17.1 Å². The fraction of sp³-hybridized carbons (Fsp3) is 0.667. The van der Waals surface area contributed by atoms with Crippen molar-refractivity contribution in [3.63, 3.8) is 0 Å². The summed E-state index contributed by atoms with van der Waals surface area (Å²) in [6.45, 7) is 4.46. The number of aliphatic hydroxyl groups is 1. The lowest BCUT2D eigenvalue weighted by atomic mass is 9.82. The van der Waals surface area contributed by atoms with Crippen molar-refractivity contribution in [3.05, 3.63) is 29.1 Å². The Kier molecular flexibility index (Phi) is 9.24. The summed E-state index contributed by atoms with van der Waals surface area (Å²) in [6.07, 6.45) is 5.38. The van der Waals surface area contributed by atoms with Crippen molar-refractivity contribution in [3.8, 4) is 12.3 Å². The van der Waals surface area contributed by atoms with Crippen molar-refractivity contribution in [2.75, 3.05) is 20.1 Å². The molecule has 1 aromatic rings. The third kappa shape index (κ3) is 6.63. The number of hydrogen-bond acceptors (Lipinski definition) is 5. The van der Waals surface area contributed by atoms with E-state index < -0.39 is 29.2 Å². The summed E-state index contributed by atoms with van der Waals surface area (Å²) in [5.74, 6) is 1.36. The number of aliphatic hydroxyl groups excluding tert-OH is 1. The van der Waals surface area contributed by atoms with Crippen LogP contribution in [0.3, 0.4) is 0 Å². The number of rotatable bonds is 9. The van der Waals surface area contributed by atoms with E-state index >= 15 is 0 Å².